The third-order valence-corrected chi connectivity index (χ3v) is 4.18. The average molecular weight is 213 g/mol. The van der Waals surface area contributed by atoms with Crippen LogP contribution < -0.4 is 5.32 Å². The van der Waals surface area contributed by atoms with Crippen LogP contribution in [0.1, 0.15) is 30.4 Å². The number of allylic oxidation sites excluding steroid dienone is 1. The molecule has 0 atom stereocenters. The molecule has 84 valence electrons. The maximum Gasteiger partial charge on any atom is 0.00171 e. The molecule has 1 spiro atoms. The minimum atomic E-state index is 0.400. The Bertz CT molecular complexity index is 413. The largest absolute Gasteiger partial charge is 0.317 e. The summed E-state index contributed by atoms with van der Waals surface area (Å²) in [4.78, 5) is 0. The van der Waals surface area contributed by atoms with E-state index in [2.05, 4.69) is 36.2 Å². The predicted molar refractivity (Wildman–Crippen MR) is 67.7 cm³/mol. The van der Waals surface area contributed by atoms with Gasteiger partial charge in [-0.15, -0.1) is 0 Å². The zero-order valence-corrected chi connectivity index (χ0v) is 9.76. The third kappa shape index (κ3) is 1.51. The van der Waals surface area contributed by atoms with Gasteiger partial charge in [0.1, 0.15) is 0 Å². The molecular formula is C15H19N. The molecule has 1 nitrogen and oxygen atoms in total. The number of hydrogen-bond donors (Lipinski definition) is 1. The predicted octanol–water partition coefficient (Wildman–Crippen LogP) is 2.81. The number of piperidine rings is 1. The van der Waals surface area contributed by atoms with E-state index in [1.165, 1.54) is 30.4 Å². The molecule has 2 aliphatic rings. The van der Waals surface area contributed by atoms with Crippen molar-refractivity contribution in [3.63, 3.8) is 0 Å². The number of rotatable bonds is 0. The minimum absolute atomic E-state index is 0.400. The number of nitrogens with one attached hydrogen (secondary N) is 1. The van der Waals surface area contributed by atoms with Crippen molar-refractivity contribution < 1.29 is 0 Å². The Morgan fingerprint density at radius 3 is 2.69 bits per heavy atom. The van der Waals surface area contributed by atoms with Crippen molar-refractivity contribution >= 4 is 0 Å². The van der Waals surface area contributed by atoms with Crippen LogP contribution in [0.15, 0.2) is 36.4 Å². The average Bonchev–Trinajstić information content (AvgIpc) is 2.30. The van der Waals surface area contributed by atoms with Gasteiger partial charge < -0.3 is 5.32 Å². The van der Waals surface area contributed by atoms with E-state index >= 15 is 0 Å². The maximum absolute atomic E-state index is 4.24. The fraction of sp³-hybridized carbons (Fsp3) is 0.467. The summed E-state index contributed by atoms with van der Waals surface area (Å²) in [6.45, 7) is 6.55. The van der Waals surface area contributed by atoms with E-state index in [-0.39, 0.29) is 0 Å². The molecule has 1 aromatic rings. The summed E-state index contributed by atoms with van der Waals surface area (Å²) in [5.41, 5.74) is 4.93. The van der Waals surface area contributed by atoms with E-state index < -0.39 is 0 Å². The van der Waals surface area contributed by atoms with Crippen molar-refractivity contribution in [2.45, 2.75) is 31.1 Å². The lowest BCUT2D eigenvalue weighted by molar-refractivity contribution is 0.294. The third-order valence-electron chi connectivity index (χ3n) is 4.18. The second-order valence-corrected chi connectivity index (χ2v) is 5.29. The topological polar surface area (TPSA) is 12.0 Å². The summed E-state index contributed by atoms with van der Waals surface area (Å²) in [5.74, 6) is 0. The highest BCUT2D eigenvalue weighted by atomic mass is 14.9. The standard InChI is InChI=1S/C15H19N/c1-12-10-13-4-2-3-5-14(13)15(11-12)6-8-16-9-7-15/h2-5,16H,1,6-11H2. The van der Waals surface area contributed by atoms with Crippen molar-refractivity contribution in [3.8, 4) is 0 Å². The molecule has 1 fully saturated rings. The zero-order chi connectivity index (χ0) is 11.0. The quantitative estimate of drug-likeness (QED) is 0.653. The van der Waals surface area contributed by atoms with Crippen LogP contribution in [0.4, 0.5) is 0 Å². The van der Waals surface area contributed by atoms with Gasteiger partial charge in [-0.25, -0.2) is 0 Å². The highest BCUT2D eigenvalue weighted by molar-refractivity contribution is 5.42. The lowest BCUT2D eigenvalue weighted by atomic mass is 9.64. The molecule has 1 aromatic carbocycles. The maximum atomic E-state index is 4.24. The lowest BCUT2D eigenvalue weighted by Gasteiger charge is -2.43. The summed E-state index contributed by atoms with van der Waals surface area (Å²) in [6, 6.07) is 8.97. The van der Waals surface area contributed by atoms with E-state index in [0.717, 1.165) is 19.5 Å². The molecule has 1 aliphatic heterocycles. The first-order chi connectivity index (χ1) is 7.80. The van der Waals surface area contributed by atoms with E-state index in [4.69, 9.17) is 0 Å². The van der Waals surface area contributed by atoms with Gasteiger partial charge in [0.05, 0.1) is 0 Å². The van der Waals surface area contributed by atoms with Crippen LogP contribution in [-0.4, -0.2) is 13.1 Å². The number of hydrogen-bond acceptors (Lipinski definition) is 1. The van der Waals surface area contributed by atoms with Crippen LogP contribution in [-0.2, 0) is 11.8 Å². The molecule has 0 unspecified atom stereocenters. The lowest BCUT2D eigenvalue weighted by Crippen LogP contribution is -2.42. The van der Waals surface area contributed by atoms with Crippen molar-refractivity contribution in [1.82, 2.24) is 5.32 Å². The van der Waals surface area contributed by atoms with Crippen LogP contribution in [0.3, 0.4) is 0 Å². The molecular weight excluding hydrogens is 194 g/mol. The van der Waals surface area contributed by atoms with Crippen molar-refractivity contribution in [2.24, 2.45) is 0 Å². The van der Waals surface area contributed by atoms with E-state index in [9.17, 15) is 0 Å². The van der Waals surface area contributed by atoms with E-state index in [0.29, 0.717) is 5.41 Å². The Hall–Kier alpha value is -1.08. The molecule has 3 rings (SSSR count). The fourth-order valence-corrected chi connectivity index (χ4v) is 3.45. The molecule has 0 bridgehead atoms. The fourth-order valence-electron chi connectivity index (χ4n) is 3.45. The van der Waals surface area contributed by atoms with Gasteiger partial charge >= 0.3 is 0 Å². The van der Waals surface area contributed by atoms with Gasteiger partial charge in [-0.05, 0) is 49.9 Å². The molecule has 1 heteroatoms. The Labute approximate surface area is 97.6 Å². The van der Waals surface area contributed by atoms with E-state index in [1.807, 2.05) is 0 Å². The van der Waals surface area contributed by atoms with E-state index in [1.54, 1.807) is 5.56 Å². The normalized spacial score (nSPS) is 23.1. The molecule has 1 saturated heterocycles. The summed E-state index contributed by atoms with van der Waals surface area (Å²) >= 11 is 0. The molecule has 0 aromatic heterocycles. The van der Waals surface area contributed by atoms with Gasteiger partial charge in [0.15, 0.2) is 0 Å². The molecule has 1 aliphatic carbocycles. The molecule has 1 N–H and O–H groups in total. The monoisotopic (exact) mass is 213 g/mol. The summed E-state index contributed by atoms with van der Waals surface area (Å²) < 4.78 is 0. The second-order valence-electron chi connectivity index (χ2n) is 5.29. The first kappa shape index (κ1) is 10.1. The number of benzene rings is 1. The minimum Gasteiger partial charge on any atom is -0.317 e. The van der Waals surface area contributed by atoms with Crippen LogP contribution in [0.5, 0.6) is 0 Å². The molecule has 1 heterocycles. The molecule has 0 amide bonds. The van der Waals surface area contributed by atoms with Gasteiger partial charge in [-0.3, -0.25) is 0 Å². The number of fused-ring (bicyclic) bond motifs is 2. The summed E-state index contributed by atoms with van der Waals surface area (Å²) in [6.07, 6.45) is 4.82. The molecule has 16 heavy (non-hydrogen) atoms. The first-order valence-corrected chi connectivity index (χ1v) is 6.26. The van der Waals surface area contributed by atoms with Crippen LogP contribution >= 0.6 is 0 Å². The summed E-state index contributed by atoms with van der Waals surface area (Å²) in [7, 11) is 0. The van der Waals surface area contributed by atoms with Crippen LogP contribution in [0.2, 0.25) is 0 Å². The van der Waals surface area contributed by atoms with Crippen LogP contribution in [0, 0.1) is 0 Å². The Morgan fingerprint density at radius 1 is 1.12 bits per heavy atom. The smallest absolute Gasteiger partial charge is 0.00171 e. The SMILES string of the molecule is C=C1Cc2ccccc2C2(CCNCC2)C1. The zero-order valence-electron chi connectivity index (χ0n) is 9.76. The first-order valence-electron chi connectivity index (χ1n) is 6.26. The highest BCUT2D eigenvalue weighted by Crippen LogP contribution is 2.44. The van der Waals surface area contributed by atoms with Crippen molar-refractivity contribution in [2.75, 3.05) is 13.1 Å². The Balaban J connectivity index is 2.08. The van der Waals surface area contributed by atoms with Gasteiger partial charge in [0.25, 0.3) is 0 Å². The molecule has 0 radical (unpaired) electrons. The molecule has 0 saturated carbocycles. The van der Waals surface area contributed by atoms with Gasteiger partial charge in [0, 0.05) is 5.41 Å². The summed E-state index contributed by atoms with van der Waals surface area (Å²) in [5, 5.41) is 3.47. The van der Waals surface area contributed by atoms with Gasteiger partial charge in [-0.2, -0.15) is 0 Å². The van der Waals surface area contributed by atoms with Crippen LogP contribution in [0.25, 0.3) is 0 Å². The van der Waals surface area contributed by atoms with Crippen molar-refractivity contribution in [3.05, 3.63) is 47.5 Å². The highest BCUT2D eigenvalue weighted by Gasteiger charge is 2.38. The second kappa shape index (κ2) is 3.74. The Morgan fingerprint density at radius 2 is 1.88 bits per heavy atom. The van der Waals surface area contributed by atoms with Gasteiger partial charge in [-0.1, -0.05) is 36.4 Å². The van der Waals surface area contributed by atoms with Crippen molar-refractivity contribution in [1.29, 1.82) is 0 Å². The Kier molecular flexibility index (Phi) is 2.36. The van der Waals surface area contributed by atoms with Gasteiger partial charge in [0.2, 0.25) is 0 Å².